The minimum absolute atomic E-state index is 0.0708. The molecule has 144 valence electrons. The van der Waals surface area contributed by atoms with Gasteiger partial charge in [-0.05, 0) is 26.0 Å². The van der Waals surface area contributed by atoms with E-state index < -0.39 is 41.2 Å². The Morgan fingerprint density at radius 1 is 1.30 bits per heavy atom. The summed E-state index contributed by atoms with van der Waals surface area (Å²) in [7, 11) is 0. The van der Waals surface area contributed by atoms with Crippen molar-refractivity contribution >= 4 is 35.3 Å². The number of amides is 2. The van der Waals surface area contributed by atoms with Crippen LogP contribution in [-0.2, 0) is 14.3 Å². The number of carbonyl (C=O) groups is 3. The van der Waals surface area contributed by atoms with E-state index in [2.05, 4.69) is 10.6 Å². The van der Waals surface area contributed by atoms with E-state index in [0.29, 0.717) is 0 Å². The first kappa shape index (κ1) is 20.2. The fourth-order valence-electron chi connectivity index (χ4n) is 2.39. The summed E-state index contributed by atoms with van der Waals surface area (Å²) in [5, 5.41) is 15.7. The molecule has 10 nitrogen and oxygen atoms in total. The number of benzene rings is 1. The van der Waals surface area contributed by atoms with Crippen molar-refractivity contribution in [3.05, 3.63) is 50.2 Å². The molecule has 2 rings (SSSR count). The number of rotatable bonds is 6. The highest BCUT2D eigenvalue weighted by Gasteiger charge is 2.30. The van der Waals surface area contributed by atoms with Gasteiger partial charge in [0, 0.05) is 6.07 Å². The number of hydrogen-bond acceptors (Lipinski definition) is 7. The molecule has 1 heterocycles. The minimum atomic E-state index is -0.883. The van der Waals surface area contributed by atoms with Crippen LogP contribution in [0.3, 0.4) is 0 Å². The highest BCUT2D eigenvalue weighted by Crippen LogP contribution is 2.25. The van der Waals surface area contributed by atoms with Gasteiger partial charge in [0.25, 0.3) is 5.69 Å². The molecule has 0 saturated carbocycles. The van der Waals surface area contributed by atoms with E-state index in [4.69, 9.17) is 21.1 Å². The lowest BCUT2D eigenvalue weighted by Gasteiger charge is -2.26. The first-order valence-electron chi connectivity index (χ1n) is 7.83. The molecule has 0 fully saturated rings. The van der Waals surface area contributed by atoms with Crippen LogP contribution in [0.2, 0.25) is 5.02 Å². The molecular formula is C16H16ClN3O7. The number of nitro groups is 1. The maximum absolute atomic E-state index is 12.2. The summed E-state index contributed by atoms with van der Waals surface area (Å²) in [6.07, 6.45) is 0. The van der Waals surface area contributed by atoms with Gasteiger partial charge in [-0.2, -0.15) is 0 Å². The molecule has 1 unspecified atom stereocenters. The lowest BCUT2D eigenvalue weighted by Crippen LogP contribution is -2.50. The zero-order chi connectivity index (χ0) is 20.1. The summed E-state index contributed by atoms with van der Waals surface area (Å²) in [4.78, 5) is 46.1. The molecule has 0 spiro atoms. The van der Waals surface area contributed by atoms with Crippen LogP contribution in [-0.4, -0.2) is 42.1 Å². The number of halogens is 1. The predicted octanol–water partition coefficient (Wildman–Crippen LogP) is 1.92. The van der Waals surface area contributed by atoms with Crippen molar-refractivity contribution in [2.24, 2.45) is 0 Å². The highest BCUT2D eigenvalue weighted by atomic mass is 35.5. The fourth-order valence-corrected chi connectivity index (χ4v) is 2.58. The Bertz CT molecular complexity index is 837. The van der Waals surface area contributed by atoms with Crippen molar-refractivity contribution < 1.29 is 28.8 Å². The maximum Gasteiger partial charge on any atom is 0.338 e. The molecule has 1 aliphatic heterocycles. The molecule has 0 radical (unpaired) electrons. The highest BCUT2D eigenvalue weighted by molar-refractivity contribution is 6.32. The standard InChI is InChI=1S/C16H16ClN3O7/c1-3-26-15(22)13-8(2)18-16(23)19-11(13)7-27-14(21)9-4-5-10(17)12(6-9)20(24)25/h4-6,8H,3,7H2,1-2H3,(H2,18,19,23). The van der Waals surface area contributed by atoms with Crippen molar-refractivity contribution in [3.63, 3.8) is 0 Å². The van der Waals surface area contributed by atoms with Gasteiger partial charge in [-0.25, -0.2) is 14.4 Å². The summed E-state index contributed by atoms with van der Waals surface area (Å²) in [6, 6.07) is 2.23. The van der Waals surface area contributed by atoms with Gasteiger partial charge >= 0.3 is 18.0 Å². The minimum Gasteiger partial charge on any atom is -0.463 e. The molecule has 11 heteroatoms. The van der Waals surface area contributed by atoms with Gasteiger partial charge in [0.15, 0.2) is 0 Å². The molecule has 1 aromatic rings. The normalized spacial score (nSPS) is 16.3. The van der Waals surface area contributed by atoms with Crippen molar-refractivity contribution in [1.82, 2.24) is 10.6 Å². The summed E-state index contributed by atoms with van der Waals surface area (Å²) in [5.41, 5.74) is -0.355. The van der Waals surface area contributed by atoms with Crippen LogP contribution in [0.15, 0.2) is 29.5 Å². The van der Waals surface area contributed by atoms with Gasteiger partial charge < -0.3 is 20.1 Å². The van der Waals surface area contributed by atoms with Crippen molar-refractivity contribution in [2.75, 3.05) is 13.2 Å². The average Bonchev–Trinajstić information content (AvgIpc) is 2.59. The Kier molecular flexibility index (Phi) is 6.35. The van der Waals surface area contributed by atoms with Crippen LogP contribution >= 0.6 is 11.6 Å². The topological polar surface area (TPSA) is 137 Å². The molecule has 0 saturated heterocycles. The number of urea groups is 1. The van der Waals surface area contributed by atoms with E-state index in [1.807, 2.05) is 0 Å². The fraction of sp³-hybridized carbons (Fsp3) is 0.312. The third kappa shape index (κ3) is 4.73. The van der Waals surface area contributed by atoms with Crippen LogP contribution in [0.1, 0.15) is 24.2 Å². The van der Waals surface area contributed by atoms with E-state index >= 15 is 0 Å². The van der Waals surface area contributed by atoms with E-state index in [0.717, 1.165) is 6.07 Å². The number of hydrogen-bond donors (Lipinski definition) is 2. The van der Waals surface area contributed by atoms with Gasteiger partial charge in [-0.1, -0.05) is 11.6 Å². The molecule has 2 N–H and O–H groups in total. The zero-order valence-electron chi connectivity index (χ0n) is 14.4. The Morgan fingerprint density at radius 3 is 2.63 bits per heavy atom. The lowest BCUT2D eigenvalue weighted by molar-refractivity contribution is -0.384. The van der Waals surface area contributed by atoms with Crippen molar-refractivity contribution in [1.29, 1.82) is 0 Å². The van der Waals surface area contributed by atoms with Crippen molar-refractivity contribution in [2.45, 2.75) is 19.9 Å². The molecule has 27 heavy (non-hydrogen) atoms. The van der Waals surface area contributed by atoms with Crippen LogP contribution in [0.5, 0.6) is 0 Å². The Morgan fingerprint density at radius 2 is 2.00 bits per heavy atom. The summed E-state index contributed by atoms with van der Waals surface area (Å²) >= 11 is 5.70. The second-order valence-electron chi connectivity index (χ2n) is 5.43. The largest absolute Gasteiger partial charge is 0.463 e. The molecule has 0 aliphatic carbocycles. The Hall–Kier alpha value is -3.14. The van der Waals surface area contributed by atoms with E-state index in [-0.39, 0.29) is 28.5 Å². The molecule has 1 aliphatic rings. The second kappa shape index (κ2) is 8.49. The first-order valence-corrected chi connectivity index (χ1v) is 8.21. The van der Waals surface area contributed by atoms with Crippen LogP contribution in [0.4, 0.5) is 10.5 Å². The number of carbonyl (C=O) groups excluding carboxylic acids is 3. The lowest BCUT2D eigenvalue weighted by atomic mass is 10.0. The van der Waals surface area contributed by atoms with Gasteiger partial charge in [0.1, 0.15) is 11.6 Å². The second-order valence-corrected chi connectivity index (χ2v) is 5.84. The number of nitrogens with zero attached hydrogens (tertiary/aromatic N) is 1. The Labute approximate surface area is 158 Å². The van der Waals surface area contributed by atoms with E-state index in [1.165, 1.54) is 12.1 Å². The third-order valence-corrected chi connectivity index (χ3v) is 3.91. The SMILES string of the molecule is CCOC(=O)C1=C(COC(=O)c2ccc(Cl)c([N+](=O)[O-])c2)NC(=O)NC1C. The quantitative estimate of drug-likeness (QED) is 0.425. The number of ether oxygens (including phenoxy) is 2. The Balaban J connectivity index is 2.21. The first-order chi connectivity index (χ1) is 12.7. The molecule has 1 aromatic carbocycles. The molecule has 0 bridgehead atoms. The number of nitro benzene ring substituents is 1. The molecule has 0 aromatic heterocycles. The average molecular weight is 398 g/mol. The zero-order valence-corrected chi connectivity index (χ0v) is 15.2. The number of esters is 2. The van der Waals surface area contributed by atoms with Gasteiger partial charge in [-0.15, -0.1) is 0 Å². The van der Waals surface area contributed by atoms with Crippen LogP contribution in [0.25, 0.3) is 0 Å². The van der Waals surface area contributed by atoms with Gasteiger partial charge in [0.2, 0.25) is 0 Å². The third-order valence-electron chi connectivity index (χ3n) is 3.59. The van der Waals surface area contributed by atoms with Gasteiger partial charge in [-0.3, -0.25) is 10.1 Å². The molecule has 1 atom stereocenters. The predicted molar refractivity (Wildman–Crippen MR) is 93.2 cm³/mol. The summed E-state index contributed by atoms with van der Waals surface area (Å²) in [6.45, 7) is 2.91. The number of nitrogens with one attached hydrogen (secondary N) is 2. The monoisotopic (exact) mass is 397 g/mol. The molecular weight excluding hydrogens is 382 g/mol. The molecule has 2 amide bonds. The van der Waals surface area contributed by atoms with E-state index in [9.17, 15) is 24.5 Å². The van der Waals surface area contributed by atoms with Crippen LogP contribution < -0.4 is 10.6 Å². The summed E-state index contributed by atoms with van der Waals surface area (Å²) in [5.74, 6) is -1.54. The van der Waals surface area contributed by atoms with Gasteiger partial charge in [0.05, 0.1) is 34.4 Å². The summed E-state index contributed by atoms with van der Waals surface area (Å²) < 4.78 is 10.0. The smallest absolute Gasteiger partial charge is 0.338 e. The van der Waals surface area contributed by atoms with Crippen LogP contribution in [0, 0.1) is 10.1 Å². The maximum atomic E-state index is 12.2. The van der Waals surface area contributed by atoms with Crippen molar-refractivity contribution in [3.8, 4) is 0 Å². The van der Waals surface area contributed by atoms with E-state index in [1.54, 1.807) is 13.8 Å².